The van der Waals surface area contributed by atoms with Gasteiger partial charge in [-0.3, -0.25) is 4.90 Å². The Kier molecular flexibility index (Phi) is 3.27. The Balaban J connectivity index is 1.43. The zero-order valence-electron chi connectivity index (χ0n) is 13.7. The van der Waals surface area contributed by atoms with Crippen LogP contribution in [0.1, 0.15) is 30.4 Å². The first-order chi connectivity index (χ1) is 11.9. The van der Waals surface area contributed by atoms with Crippen LogP contribution in [-0.4, -0.2) is 26.4 Å². The zero-order valence-corrected chi connectivity index (χ0v) is 13.7. The first kappa shape index (κ1) is 14.0. The van der Waals surface area contributed by atoms with E-state index >= 15 is 0 Å². The van der Waals surface area contributed by atoms with Crippen LogP contribution in [0, 0.1) is 0 Å². The van der Waals surface area contributed by atoms with Crippen LogP contribution >= 0.6 is 0 Å². The molecule has 0 N–H and O–H groups in total. The van der Waals surface area contributed by atoms with Crippen molar-refractivity contribution >= 4 is 11.2 Å². The lowest BCUT2D eigenvalue weighted by Crippen LogP contribution is -2.37. The normalized spacial score (nSPS) is 23.6. The SMILES string of the molecule is C1=C(c2ccc3nccn3c2)CC2CCC1N2Cc1ccccc1. The maximum atomic E-state index is 4.34. The number of benzene rings is 1. The van der Waals surface area contributed by atoms with Gasteiger partial charge in [0.2, 0.25) is 0 Å². The van der Waals surface area contributed by atoms with E-state index in [0.717, 1.165) is 18.6 Å². The lowest BCUT2D eigenvalue weighted by atomic mass is 9.95. The smallest absolute Gasteiger partial charge is 0.136 e. The number of rotatable bonds is 3. The Morgan fingerprint density at radius 3 is 2.83 bits per heavy atom. The Bertz CT molecular complexity index is 894. The van der Waals surface area contributed by atoms with Gasteiger partial charge in [0.05, 0.1) is 0 Å². The van der Waals surface area contributed by atoms with E-state index in [1.54, 1.807) is 0 Å². The molecule has 2 aliphatic heterocycles. The molecule has 0 radical (unpaired) electrons. The van der Waals surface area contributed by atoms with E-state index in [9.17, 15) is 0 Å². The summed E-state index contributed by atoms with van der Waals surface area (Å²) in [7, 11) is 0. The van der Waals surface area contributed by atoms with Gasteiger partial charge >= 0.3 is 0 Å². The molecule has 2 unspecified atom stereocenters. The molecule has 3 nitrogen and oxygen atoms in total. The molecule has 120 valence electrons. The van der Waals surface area contributed by atoms with Crippen molar-refractivity contribution in [2.45, 2.75) is 37.9 Å². The van der Waals surface area contributed by atoms with Crippen LogP contribution in [0.4, 0.5) is 0 Å². The van der Waals surface area contributed by atoms with Gasteiger partial charge in [-0.05, 0) is 48.1 Å². The first-order valence-corrected chi connectivity index (χ1v) is 8.80. The predicted octanol–water partition coefficient (Wildman–Crippen LogP) is 4.15. The van der Waals surface area contributed by atoms with Gasteiger partial charge in [0.15, 0.2) is 0 Å². The summed E-state index contributed by atoms with van der Waals surface area (Å²) < 4.78 is 2.12. The number of fused-ring (bicyclic) bond motifs is 3. The van der Waals surface area contributed by atoms with Crippen molar-refractivity contribution in [1.29, 1.82) is 0 Å². The number of nitrogens with zero attached hydrogens (tertiary/aromatic N) is 3. The average Bonchev–Trinajstić information content (AvgIpc) is 3.16. The van der Waals surface area contributed by atoms with E-state index < -0.39 is 0 Å². The molecular weight excluding hydrogens is 294 g/mol. The average molecular weight is 315 g/mol. The molecule has 24 heavy (non-hydrogen) atoms. The summed E-state index contributed by atoms with van der Waals surface area (Å²) in [5, 5.41) is 0. The van der Waals surface area contributed by atoms with E-state index in [1.165, 1.54) is 29.5 Å². The van der Waals surface area contributed by atoms with E-state index in [2.05, 4.69) is 69.0 Å². The monoisotopic (exact) mass is 315 g/mol. The molecule has 2 aliphatic rings. The third-order valence-electron chi connectivity index (χ3n) is 5.51. The van der Waals surface area contributed by atoms with Crippen molar-refractivity contribution in [2.24, 2.45) is 0 Å². The molecule has 0 amide bonds. The fraction of sp³-hybridized carbons (Fsp3) is 0.286. The van der Waals surface area contributed by atoms with Crippen molar-refractivity contribution in [2.75, 3.05) is 0 Å². The number of hydrogen-bond acceptors (Lipinski definition) is 2. The molecule has 1 saturated heterocycles. The number of hydrogen-bond donors (Lipinski definition) is 0. The third kappa shape index (κ3) is 2.36. The number of pyridine rings is 1. The van der Waals surface area contributed by atoms with Crippen LogP contribution in [0.5, 0.6) is 0 Å². The topological polar surface area (TPSA) is 20.5 Å². The zero-order chi connectivity index (χ0) is 15.9. The highest BCUT2D eigenvalue weighted by Gasteiger charge is 2.36. The molecule has 2 bridgehead atoms. The van der Waals surface area contributed by atoms with Crippen molar-refractivity contribution in [3.05, 3.63) is 78.3 Å². The summed E-state index contributed by atoms with van der Waals surface area (Å²) >= 11 is 0. The molecule has 3 heteroatoms. The van der Waals surface area contributed by atoms with Gasteiger partial charge < -0.3 is 4.40 Å². The number of aromatic nitrogens is 2. The van der Waals surface area contributed by atoms with Crippen LogP contribution in [0.25, 0.3) is 11.2 Å². The molecule has 3 aromatic rings. The second kappa shape index (κ2) is 5.60. The van der Waals surface area contributed by atoms with Crippen LogP contribution in [0.2, 0.25) is 0 Å². The van der Waals surface area contributed by atoms with Crippen LogP contribution < -0.4 is 0 Å². The lowest BCUT2D eigenvalue weighted by Gasteiger charge is -2.34. The van der Waals surface area contributed by atoms with Gasteiger partial charge in [-0.2, -0.15) is 0 Å². The summed E-state index contributed by atoms with van der Waals surface area (Å²) in [6.07, 6.45) is 12.4. The third-order valence-corrected chi connectivity index (χ3v) is 5.51. The van der Waals surface area contributed by atoms with Crippen molar-refractivity contribution in [3.63, 3.8) is 0 Å². The first-order valence-electron chi connectivity index (χ1n) is 8.80. The molecule has 2 atom stereocenters. The van der Waals surface area contributed by atoms with Crippen LogP contribution in [-0.2, 0) is 6.54 Å². The predicted molar refractivity (Wildman–Crippen MR) is 96.6 cm³/mol. The van der Waals surface area contributed by atoms with E-state index in [4.69, 9.17) is 0 Å². The fourth-order valence-corrected chi connectivity index (χ4v) is 4.28. The minimum Gasteiger partial charge on any atom is -0.307 e. The highest BCUT2D eigenvalue weighted by atomic mass is 15.2. The van der Waals surface area contributed by atoms with Crippen molar-refractivity contribution < 1.29 is 0 Å². The molecule has 1 aromatic carbocycles. The Hall–Kier alpha value is -2.39. The van der Waals surface area contributed by atoms with E-state index in [1.807, 2.05) is 12.4 Å². The summed E-state index contributed by atoms with van der Waals surface area (Å²) in [5.41, 5.74) is 5.29. The van der Waals surface area contributed by atoms with Crippen molar-refractivity contribution in [1.82, 2.24) is 14.3 Å². The Labute approximate surface area is 142 Å². The minimum absolute atomic E-state index is 0.581. The summed E-state index contributed by atoms with van der Waals surface area (Å²) in [4.78, 5) is 7.03. The van der Waals surface area contributed by atoms with E-state index in [0.29, 0.717) is 12.1 Å². The fourth-order valence-electron chi connectivity index (χ4n) is 4.28. The van der Waals surface area contributed by atoms with Gasteiger partial charge in [-0.15, -0.1) is 0 Å². The summed E-state index contributed by atoms with van der Waals surface area (Å²) in [5.74, 6) is 0. The maximum absolute atomic E-state index is 4.34. The lowest BCUT2D eigenvalue weighted by molar-refractivity contribution is 0.203. The largest absolute Gasteiger partial charge is 0.307 e. The van der Waals surface area contributed by atoms with Crippen LogP contribution in [0.3, 0.4) is 0 Å². The second-order valence-electron chi connectivity index (χ2n) is 6.96. The van der Waals surface area contributed by atoms with Crippen LogP contribution in [0.15, 0.2) is 67.1 Å². The van der Waals surface area contributed by atoms with E-state index in [-0.39, 0.29) is 0 Å². The van der Waals surface area contributed by atoms with Gasteiger partial charge in [-0.25, -0.2) is 4.98 Å². The summed E-state index contributed by atoms with van der Waals surface area (Å²) in [6.45, 7) is 1.07. The van der Waals surface area contributed by atoms with Gasteiger partial charge in [0.25, 0.3) is 0 Å². The standard InChI is InChI=1S/C21H21N3/c1-2-4-16(5-3-1)14-24-19-7-8-20(24)13-18(12-19)17-6-9-21-22-10-11-23(21)15-17/h1-6,9-12,15,19-20H,7-8,13-14H2. The molecule has 0 spiro atoms. The molecule has 0 aliphatic carbocycles. The molecule has 2 aromatic heterocycles. The Morgan fingerprint density at radius 1 is 1.04 bits per heavy atom. The molecule has 1 fully saturated rings. The Morgan fingerprint density at radius 2 is 1.96 bits per heavy atom. The molecule has 0 saturated carbocycles. The van der Waals surface area contributed by atoms with Gasteiger partial charge in [-0.1, -0.05) is 36.4 Å². The number of imidazole rings is 1. The molecule has 5 rings (SSSR count). The quantitative estimate of drug-likeness (QED) is 0.723. The van der Waals surface area contributed by atoms with Gasteiger partial charge in [0.1, 0.15) is 5.65 Å². The summed E-state index contributed by atoms with van der Waals surface area (Å²) in [6, 6.07) is 16.5. The molecular formula is C21H21N3. The highest BCUT2D eigenvalue weighted by Crippen LogP contribution is 2.39. The highest BCUT2D eigenvalue weighted by molar-refractivity contribution is 5.68. The van der Waals surface area contributed by atoms with Gasteiger partial charge in [0, 0.05) is 37.2 Å². The second-order valence-corrected chi connectivity index (χ2v) is 6.96. The van der Waals surface area contributed by atoms with Crippen molar-refractivity contribution in [3.8, 4) is 0 Å². The molecule has 4 heterocycles. The maximum Gasteiger partial charge on any atom is 0.136 e. The minimum atomic E-state index is 0.581.